The molecule has 0 bridgehead atoms. The van der Waals surface area contributed by atoms with Crippen molar-refractivity contribution >= 4 is 38.8 Å². The van der Waals surface area contributed by atoms with Gasteiger partial charge in [-0.3, -0.25) is 14.5 Å². The quantitative estimate of drug-likeness (QED) is 0.365. The van der Waals surface area contributed by atoms with Gasteiger partial charge in [0.25, 0.3) is 5.56 Å². The highest BCUT2D eigenvalue weighted by Crippen LogP contribution is 2.31. The van der Waals surface area contributed by atoms with E-state index in [1.807, 2.05) is 54.7 Å². The lowest BCUT2D eigenvalue weighted by molar-refractivity contribution is 0.0996. The molecular formula is C25H19N7O3. The lowest BCUT2D eigenvalue weighted by Gasteiger charge is -2.26. The molecule has 0 aliphatic carbocycles. The number of hydrogen-bond donors (Lipinski definition) is 3. The summed E-state index contributed by atoms with van der Waals surface area (Å²) in [4.78, 5) is 26.0. The van der Waals surface area contributed by atoms with Crippen LogP contribution in [0.5, 0.6) is 11.5 Å². The van der Waals surface area contributed by atoms with E-state index >= 15 is 0 Å². The van der Waals surface area contributed by atoms with Gasteiger partial charge in [0.05, 0.1) is 23.0 Å². The van der Waals surface area contributed by atoms with Gasteiger partial charge in [0.2, 0.25) is 5.95 Å². The second-order valence-electron chi connectivity index (χ2n) is 8.31. The second-order valence-corrected chi connectivity index (χ2v) is 8.31. The fraction of sp³-hybridized carbons (Fsp3) is 0.120. The number of fused-ring (bicyclic) bond motifs is 5. The number of benzene rings is 2. The summed E-state index contributed by atoms with van der Waals surface area (Å²) in [6, 6.07) is 15.3. The average Bonchev–Trinajstić information content (AvgIpc) is 3.58. The average molecular weight is 465 g/mol. The van der Waals surface area contributed by atoms with Gasteiger partial charge in [-0.25, -0.2) is 4.98 Å². The number of ether oxygens (including phenoxy) is 2. The molecule has 172 valence electrons. The van der Waals surface area contributed by atoms with E-state index in [2.05, 4.69) is 25.5 Å². The zero-order chi connectivity index (χ0) is 23.4. The molecule has 35 heavy (non-hydrogen) atoms. The number of aromatic nitrogens is 6. The largest absolute Gasteiger partial charge is 0.486 e. The van der Waals surface area contributed by atoms with E-state index in [0.29, 0.717) is 46.8 Å². The molecule has 0 saturated heterocycles. The smallest absolute Gasteiger partial charge is 0.267 e. The fourth-order valence-electron chi connectivity index (χ4n) is 4.53. The SMILES string of the molecule is O=c1c2c[nH]nc2c2cnc(NC[C@H]3COc4ccccc4O3)nc2n1-c1cccc2[nH]ccc12. The fourth-order valence-corrected chi connectivity index (χ4v) is 4.53. The molecule has 3 N–H and O–H groups in total. The van der Waals surface area contributed by atoms with Crippen LogP contribution in [-0.4, -0.2) is 49.0 Å². The van der Waals surface area contributed by atoms with Gasteiger partial charge in [-0.2, -0.15) is 10.1 Å². The van der Waals surface area contributed by atoms with Crippen LogP contribution in [0.2, 0.25) is 0 Å². The first-order valence-corrected chi connectivity index (χ1v) is 11.2. The Morgan fingerprint density at radius 3 is 2.91 bits per heavy atom. The van der Waals surface area contributed by atoms with Gasteiger partial charge in [0.1, 0.15) is 18.2 Å². The number of H-pyrrole nitrogens is 2. The zero-order valence-electron chi connectivity index (χ0n) is 18.4. The Labute approximate surface area is 197 Å². The van der Waals surface area contributed by atoms with Crippen molar-refractivity contribution in [3.05, 3.63) is 77.5 Å². The molecule has 1 aliphatic heterocycles. The Hall–Kier alpha value is -4.86. The maximum Gasteiger partial charge on any atom is 0.267 e. The van der Waals surface area contributed by atoms with Crippen LogP contribution in [0, 0.1) is 0 Å². The molecule has 0 amide bonds. The molecule has 7 rings (SSSR count). The minimum absolute atomic E-state index is 0.208. The number of nitrogens with zero attached hydrogens (tertiary/aromatic N) is 4. The van der Waals surface area contributed by atoms with E-state index in [0.717, 1.165) is 22.3 Å². The van der Waals surface area contributed by atoms with E-state index in [-0.39, 0.29) is 11.7 Å². The van der Waals surface area contributed by atoms with Gasteiger partial charge < -0.3 is 19.8 Å². The lowest BCUT2D eigenvalue weighted by atomic mass is 10.2. The molecule has 5 heterocycles. The maximum atomic E-state index is 13.6. The van der Waals surface area contributed by atoms with Crippen LogP contribution in [0.15, 0.2) is 71.9 Å². The number of nitrogens with one attached hydrogen (secondary N) is 3. The molecule has 1 atom stereocenters. The van der Waals surface area contributed by atoms with Crippen molar-refractivity contribution in [3.8, 4) is 17.2 Å². The third kappa shape index (κ3) is 3.11. The van der Waals surface area contributed by atoms with Crippen LogP contribution in [0.3, 0.4) is 0 Å². The standard InChI is InChI=1S/C25H19N7O3/c33-24-17-12-29-31-22(17)16-11-28-25(27-10-14-13-34-20-6-1-2-7-21(20)35-14)30-23(16)32(24)19-5-3-4-18-15(19)8-9-26-18/h1-9,11-12,14,26H,10,13H2,(H,29,31)(H,27,28,30)/t14-/m0/s1. The third-order valence-corrected chi connectivity index (χ3v) is 6.18. The highest BCUT2D eigenvalue weighted by molar-refractivity contribution is 6.03. The van der Waals surface area contributed by atoms with Crippen molar-refractivity contribution in [1.82, 2.24) is 29.7 Å². The lowest BCUT2D eigenvalue weighted by Crippen LogP contribution is -2.35. The molecule has 4 aromatic heterocycles. The molecule has 6 aromatic rings. The summed E-state index contributed by atoms with van der Waals surface area (Å²) in [5, 5.41) is 12.4. The Morgan fingerprint density at radius 1 is 1.06 bits per heavy atom. The van der Waals surface area contributed by atoms with E-state index < -0.39 is 0 Å². The molecule has 0 saturated carbocycles. The number of pyridine rings is 1. The van der Waals surface area contributed by atoms with Gasteiger partial charge in [-0.15, -0.1) is 0 Å². The highest BCUT2D eigenvalue weighted by Gasteiger charge is 2.22. The molecule has 0 fully saturated rings. The Bertz CT molecular complexity index is 1790. The third-order valence-electron chi connectivity index (χ3n) is 6.18. The summed E-state index contributed by atoms with van der Waals surface area (Å²) in [5.41, 5.74) is 2.45. The number of anilines is 1. The first-order chi connectivity index (χ1) is 17.3. The van der Waals surface area contributed by atoms with Crippen LogP contribution in [0.25, 0.3) is 38.5 Å². The predicted molar refractivity (Wildman–Crippen MR) is 131 cm³/mol. The predicted octanol–water partition coefficient (Wildman–Crippen LogP) is 3.39. The Morgan fingerprint density at radius 2 is 1.97 bits per heavy atom. The van der Waals surface area contributed by atoms with E-state index in [1.54, 1.807) is 17.0 Å². The normalized spacial score (nSPS) is 15.1. The minimum Gasteiger partial charge on any atom is -0.486 e. The summed E-state index contributed by atoms with van der Waals surface area (Å²) in [6.07, 6.45) is 4.93. The molecule has 10 nitrogen and oxygen atoms in total. The summed E-state index contributed by atoms with van der Waals surface area (Å²) in [5.74, 6) is 1.82. The van der Waals surface area contributed by atoms with Gasteiger partial charge in [-0.1, -0.05) is 18.2 Å². The van der Waals surface area contributed by atoms with Crippen molar-refractivity contribution in [3.63, 3.8) is 0 Å². The topological polar surface area (TPSA) is 123 Å². The van der Waals surface area contributed by atoms with Gasteiger partial charge in [0.15, 0.2) is 17.1 Å². The molecule has 10 heteroatoms. The number of aromatic amines is 2. The van der Waals surface area contributed by atoms with Gasteiger partial charge in [-0.05, 0) is 30.3 Å². The molecule has 0 spiro atoms. The van der Waals surface area contributed by atoms with E-state index in [1.165, 1.54) is 0 Å². The number of para-hydroxylation sites is 2. The van der Waals surface area contributed by atoms with Crippen molar-refractivity contribution in [2.75, 3.05) is 18.5 Å². The Kier molecular flexibility index (Phi) is 4.25. The van der Waals surface area contributed by atoms with Crippen molar-refractivity contribution in [2.24, 2.45) is 0 Å². The van der Waals surface area contributed by atoms with Crippen LogP contribution in [0.4, 0.5) is 5.95 Å². The van der Waals surface area contributed by atoms with Crippen LogP contribution in [-0.2, 0) is 0 Å². The first-order valence-electron chi connectivity index (χ1n) is 11.2. The van der Waals surface area contributed by atoms with Gasteiger partial charge in [0, 0.05) is 29.5 Å². The summed E-state index contributed by atoms with van der Waals surface area (Å²) in [7, 11) is 0. The van der Waals surface area contributed by atoms with Crippen LogP contribution in [0.1, 0.15) is 0 Å². The summed E-state index contributed by atoms with van der Waals surface area (Å²) in [6.45, 7) is 0.841. The molecular weight excluding hydrogens is 446 g/mol. The van der Waals surface area contributed by atoms with Crippen molar-refractivity contribution in [2.45, 2.75) is 6.10 Å². The Balaban J connectivity index is 1.31. The van der Waals surface area contributed by atoms with Gasteiger partial charge >= 0.3 is 0 Å². The minimum atomic E-state index is -0.214. The zero-order valence-corrected chi connectivity index (χ0v) is 18.4. The number of rotatable bonds is 4. The molecule has 0 radical (unpaired) electrons. The molecule has 0 unspecified atom stereocenters. The van der Waals surface area contributed by atoms with Crippen molar-refractivity contribution in [1.29, 1.82) is 0 Å². The van der Waals surface area contributed by atoms with Crippen LogP contribution >= 0.6 is 0 Å². The number of hydrogen-bond acceptors (Lipinski definition) is 7. The first kappa shape index (κ1) is 19.6. The van der Waals surface area contributed by atoms with Crippen LogP contribution < -0.4 is 20.3 Å². The van der Waals surface area contributed by atoms with E-state index in [9.17, 15) is 4.79 Å². The summed E-state index contributed by atoms with van der Waals surface area (Å²) < 4.78 is 13.4. The second kappa shape index (κ2) is 7.59. The monoisotopic (exact) mass is 465 g/mol. The summed E-state index contributed by atoms with van der Waals surface area (Å²) >= 11 is 0. The highest BCUT2D eigenvalue weighted by atomic mass is 16.6. The maximum absolute atomic E-state index is 13.6. The molecule has 1 aliphatic rings. The van der Waals surface area contributed by atoms with E-state index in [4.69, 9.17) is 14.5 Å². The van der Waals surface area contributed by atoms with Crippen molar-refractivity contribution < 1.29 is 9.47 Å². The molecule has 2 aromatic carbocycles.